The van der Waals surface area contributed by atoms with E-state index in [0.29, 0.717) is 6.04 Å². The Hall–Kier alpha value is -0.740. The summed E-state index contributed by atoms with van der Waals surface area (Å²) in [5.41, 5.74) is 1.19. The van der Waals surface area contributed by atoms with Crippen LogP contribution in [-0.4, -0.2) is 25.6 Å². The van der Waals surface area contributed by atoms with Crippen LogP contribution in [0.2, 0.25) is 0 Å². The summed E-state index contributed by atoms with van der Waals surface area (Å²) in [4.78, 5) is 0. The zero-order valence-electron chi connectivity index (χ0n) is 9.92. The van der Waals surface area contributed by atoms with Crippen LogP contribution in [0.3, 0.4) is 0 Å². The minimum atomic E-state index is 0.452. The lowest BCUT2D eigenvalue weighted by molar-refractivity contribution is 0.354. The summed E-state index contributed by atoms with van der Waals surface area (Å²) >= 11 is 3.43. The van der Waals surface area contributed by atoms with E-state index >= 15 is 0 Å². The van der Waals surface area contributed by atoms with Gasteiger partial charge < -0.3 is 14.8 Å². The molecular weight excluding hydrogens is 270 g/mol. The van der Waals surface area contributed by atoms with Crippen LogP contribution in [0.25, 0.3) is 0 Å². The van der Waals surface area contributed by atoms with E-state index < -0.39 is 0 Å². The number of methoxy groups -OCH3 is 2. The first-order chi connectivity index (χ1) is 7.71. The number of rotatable bonds is 6. The van der Waals surface area contributed by atoms with E-state index in [9.17, 15) is 0 Å². The summed E-state index contributed by atoms with van der Waals surface area (Å²) in [6.07, 6.45) is 0. The Morgan fingerprint density at radius 1 is 1.25 bits per heavy atom. The van der Waals surface area contributed by atoms with Gasteiger partial charge >= 0.3 is 0 Å². The maximum absolute atomic E-state index is 5.25. The fourth-order valence-electron chi connectivity index (χ4n) is 1.34. The van der Waals surface area contributed by atoms with Gasteiger partial charge in [0.25, 0.3) is 0 Å². The molecule has 0 aromatic heterocycles. The highest BCUT2D eigenvalue weighted by Gasteiger charge is 2.05. The number of ether oxygens (including phenoxy) is 2. The van der Waals surface area contributed by atoms with Crippen LogP contribution in [0.15, 0.2) is 18.2 Å². The van der Waals surface area contributed by atoms with Gasteiger partial charge in [-0.25, -0.2) is 0 Å². The van der Waals surface area contributed by atoms with E-state index in [-0.39, 0.29) is 0 Å². The van der Waals surface area contributed by atoms with Gasteiger partial charge in [-0.05, 0) is 24.6 Å². The van der Waals surface area contributed by atoms with Gasteiger partial charge in [-0.15, -0.1) is 0 Å². The molecule has 1 atom stereocenters. The first-order valence-corrected chi connectivity index (χ1v) is 6.33. The Bertz CT molecular complexity index is 331. The van der Waals surface area contributed by atoms with Crippen LogP contribution in [0.4, 0.5) is 0 Å². The molecule has 0 spiro atoms. The van der Waals surface area contributed by atoms with Crippen molar-refractivity contribution in [1.29, 1.82) is 0 Å². The molecule has 1 N–H and O–H groups in total. The monoisotopic (exact) mass is 287 g/mol. The summed E-state index contributed by atoms with van der Waals surface area (Å²) in [7, 11) is 3.29. The lowest BCUT2D eigenvalue weighted by Gasteiger charge is -2.12. The van der Waals surface area contributed by atoms with Crippen LogP contribution < -0.4 is 14.8 Å². The van der Waals surface area contributed by atoms with Gasteiger partial charge in [0.2, 0.25) is 0 Å². The predicted molar refractivity (Wildman–Crippen MR) is 69.6 cm³/mol. The number of nitrogens with one attached hydrogen (secondary N) is 1. The lowest BCUT2D eigenvalue weighted by atomic mass is 10.2. The van der Waals surface area contributed by atoms with E-state index in [2.05, 4.69) is 28.2 Å². The quantitative estimate of drug-likeness (QED) is 0.816. The Morgan fingerprint density at radius 2 is 1.94 bits per heavy atom. The molecule has 0 aliphatic carbocycles. The normalized spacial score (nSPS) is 12.2. The molecule has 0 heterocycles. The molecule has 0 aliphatic heterocycles. The van der Waals surface area contributed by atoms with E-state index in [1.165, 1.54) is 5.56 Å². The van der Waals surface area contributed by atoms with Crippen molar-refractivity contribution in [3.63, 3.8) is 0 Å². The summed E-state index contributed by atoms with van der Waals surface area (Å²) in [6.45, 7) is 2.96. The van der Waals surface area contributed by atoms with E-state index in [1.807, 2.05) is 18.2 Å². The molecule has 1 aromatic carbocycles. The molecule has 4 heteroatoms. The molecule has 0 saturated heterocycles. The standard InChI is InChI=1S/C12H18BrNO2/c1-9(7-13)14-8-10-4-5-11(15-2)12(6-10)16-3/h4-6,9,14H,7-8H2,1-3H3. The summed E-state index contributed by atoms with van der Waals surface area (Å²) < 4.78 is 10.4. The first kappa shape index (κ1) is 13.3. The van der Waals surface area contributed by atoms with Crippen molar-refractivity contribution in [2.24, 2.45) is 0 Å². The highest BCUT2D eigenvalue weighted by atomic mass is 79.9. The average Bonchev–Trinajstić information content (AvgIpc) is 2.35. The first-order valence-electron chi connectivity index (χ1n) is 5.21. The largest absolute Gasteiger partial charge is 0.493 e. The highest BCUT2D eigenvalue weighted by molar-refractivity contribution is 9.09. The predicted octanol–water partition coefficient (Wildman–Crippen LogP) is 2.58. The van der Waals surface area contributed by atoms with Crippen LogP contribution in [0.5, 0.6) is 11.5 Å². The molecule has 1 rings (SSSR count). The second kappa shape index (κ2) is 6.76. The van der Waals surface area contributed by atoms with Crippen molar-refractivity contribution in [2.45, 2.75) is 19.5 Å². The molecule has 1 aromatic rings. The molecule has 0 bridgehead atoms. The molecule has 0 aliphatic rings. The molecule has 0 radical (unpaired) electrons. The van der Waals surface area contributed by atoms with E-state index in [0.717, 1.165) is 23.4 Å². The summed E-state index contributed by atoms with van der Waals surface area (Å²) in [5, 5.41) is 4.34. The number of benzene rings is 1. The Kier molecular flexibility index (Phi) is 5.63. The third-order valence-corrected chi connectivity index (χ3v) is 3.31. The molecule has 1 unspecified atom stereocenters. The second-order valence-corrected chi connectivity index (χ2v) is 4.27. The molecule has 0 amide bonds. The fourth-order valence-corrected chi connectivity index (χ4v) is 1.57. The molecule has 0 fully saturated rings. The summed E-state index contributed by atoms with van der Waals surface area (Å²) in [5.74, 6) is 1.54. The van der Waals surface area contributed by atoms with Crippen LogP contribution in [0.1, 0.15) is 12.5 Å². The van der Waals surface area contributed by atoms with Crippen molar-refractivity contribution in [1.82, 2.24) is 5.32 Å². The molecule has 90 valence electrons. The maximum atomic E-state index is 5.25. The van der Waals surface area contributed by atoms with Gasteiger partial charge in [0, 0.05) is 17.9 Å². The van der Waals surface area contributed by atoms with E-state index in [4.69, 9.17) is 9.47 Å². The average molecular weight is 288 g/mol. The third-order valence-electron chi connectivity index (χ3n) is 2.33. The third kappa shape index (κ3) is 3.68. The maximum Gasteiger partial charge on any atom is 0.161 e. The number of halogens is 1. The van der Waals surface area contributed by atoms with Gasteiger partial charge in [0.1, 0.15) is 0 Å². The molecule has 0 saturated carbocycles. The van der Waals surface area contributed by atoms with Crippen LogP contribution in [-0.2, 0) is 6.54 Å². The minimum Gasteiger partial charge on any atom is -0.493 e. The van der Waals surface area contributed by atoms with Crippen molar-refractivity contribution >= 4 is 15.9 Å². The fraction of sp³-hybridized carbons (Fsp3) is 0.500. The molecule has 3 nitrogen and oxygen atoms in total. The Balaban J connectivity index is 2.67. The van der Waals surface area contributed by atoms with Crippen molar-refractivity contribution in [3.8, 4) is 11.5 Å². The van der Waals surface area contributed by atoms with Crippen molar-refractivity contribution < 1.29 is 9.47 Å². The van der Waals surface area contributed by atoms with Crippen molar-refractivity contribution in [2.75, 3.05) is 19.5 Å². The second-order valence-electron chi connectivity index (χ2n) is 3.63. The molecule has 16 heavy (non-hydrogen) atoms. The van der Waals surface area contributed by atoms with Crippen LogP contribution >= 0.6 is 15.9 Å². The van der Waals surface area contributed by atoms with Gasteiger partial charge in [-0.3, -0.25) is 0 Å². The van der Waals surface area contributed by atoms with Gasteiger partial charge in [0.15, 0.2) is 11.5 Å². The highest BCUT2D eigenvalue weighted by Crippen LogP contribution is 2.27. The van der Waals surface area contributed by atoms with Gasteiger partial charge in [-0.1, -0.05) is 22.0 Å². The topological polar surface area (TPSA) is 30.5 Å². The molecular formula is C12H18BrNO2. The van der Waals surface area contributed by atoms with Gasteiger partial charge in [0.05, 0.1) is 14.2 Å². The lowest BCUT2D eigenvalue weighted by Crippen LogP contribution is -2.26. The zero-order chi connectivity index (χ0) is 12.0. The number of hydrogen-bond donors (Lipinski definition) is 1. The zero-order valence-corrected chi connectivity index (χ0v) is 11.5. The van der Waals surface area contributed by atoms with Crippen LogP contribution in [0, 0.1) is 0 Å². The van der Waals surface area contributed by atoms with Crippen molar-refractivity contribution in [3.05, 3.63) is 23.8 Å². The Labute approximate surface area is 105 Å². The summed E-state index contributed by atoms with van der Waals surface area (Å²) in [6, 6.07) is 6.41. The smallest absolute Gasteiger partial charge is 0.161 e. The van der Waals surface area contributed by atoms with Gasteiger partial charge in [-0.2, -0.15) is 0 Å². The Morgan fingerprint density at radius 3 is 2.50 bits per heavy atom. The minimum absolute atomic E-state index is 0.452. The SMILES string of the molecule is COc1ccc(CNC(C)CBr)cc1OC. The number of alkyl halides is 1. The number of hydrogen-bond acceptors (Lipinski definition) is 3. The van der Waals surface area contributed by atoms with E-state index in [1.54, 1.807) is 14.2 Å².